The predicted molar refractivity (Wildman–Crippen MR) is 151 cm³/mol. The highest BCUT2D eigenvalue weighted by Gasteiger charge is 2.41. The summed E-state index contributed by atoms with van der Waals surface area (Å²) in [5.74, 6) is -0.697. The minimum absolute atomic E-state index is 0.0395. The van der Waals surface area contributed by atoms with E-state index in [9.17, 15) is 22.8 Å². The van der Waals surface area contributed by atoms with Crippen LogP contribution in [0.15, 0.2) is 35.4 Å². The van der Waals surface area contributed by atoms with Crippen molar-refractivity contribution in [2.24, 2.45) is 0 Å². The molecule has 0 saturated carbocycles. The van der Waals surface area contributed by atoms with E-state index < -0.39 is 34.7 Å². The van der Waals surface area contributed by atoms with Crippen molar-refractivity contribution < 1.29 is 22.7 Å². The first-order chi connectivity index (χ1) is 18.3. The van der Waals surface area contributed by atoms with Gasteiger partial charge in [0, 0.05) is 32.7 Å². The number of alkyl halides is 2. The quantitative estimate of drug-likeness (QED) is 0.451. The Hall–Kier alpha value is -3.28. The molecule has 14 heteroatoms. The lowest BCUT2D eigenvalue weighted by Crippen LogP contribution is -2.51. The fourth-order valence-electron chi connectivity index (χ4n) is 5.30. The molecule has 3 heterocycles. The minimum atomic E-state index is -2.94. The maximum atomic E-state index is 14.9. The number of benzene rings is 1. The average Bonchev–Trinajstić information content (AvgIpc) is 2.87. The Morgan fingerprint density at radius 2 is 1.82 bits per heavy atom. The molecule has 3 aromatic rings. The van der Waals surface area contributed by atoms with Gasteiger partial charge in [-0.05, 0) is 31.1 Å². The van der Waals surface area contributed by atoms with Gasteiger partial charge in [-0.2, -0.15) is 0 Å². The summed E-state index contributed by atoms with van der Waals surface area (Å²) >= 11 is 0. The van der Waals surface area contributed by atoms with Gasteiger partial charge in [0.15, 0.2) is 0 Å². The summed E-state index contributed by atoms with van der Waals surface area (Å²) in [6, 6.07) is 4.87. The van der Waals surface area contributed by atoms with Gasteiger partial charge in [-0.3, -0.25) is 9.59 Å². The van der Waals surface area contributed by atoms with Crippen LogP contribution in [0.5, 0.6) is 0 Å². The fraction of sp³-hybridized carbons (Fsp3) is 0.440. The van der Waals surface area contributed by atoms with E-state index in [1.165, 1.54) is 25.4 Å². The number of nitrogens with one attached hydrogen (secondary N) is 1. The van der Waals surface area contributed by atoms with Crippen molar-refractivity contribution in [1.29, 1.82) is 0 Å². The van der Waals surface area contributed by atoms with Crippen LogP contribution in [0.3, 0.4) is 0 Å². The second kappa shape index (κ2) is 10.7. The van der Waals surface area contributed by atoms with E-state index in [0.29, 0.717) is 48.3 Å². The van der Waals surface area contributed by atoms with Crippen molar-refractivity contribution in [2.45, 2.75) is 50.0 Å². The number of fused-ring (bicyclic) bond motifs is 1. The number of rotatable bonds is 7. The molecule has 1 atom stereocenters. The van der Waals surface area contributed by atoms with E-state index in [-0.39, 0.29) is 17.0 Å². The number of piperidine rings is 1. The van der Waals surface area contributed by atoms with E-state index in [4.69, 9.17) is 4.74 Å². The maximum absolute atomic E-state index is 14.9. The van der Waals surface area contributed by atoms with Gasteiger partial charge < -0.3 is 19.5 Å². The van der Waals surface area contributed by atoms with Gasteiger partial charge >= 0.3 is 0 Å². The normalized spacial score (nSPS) is 16.4. The van der Waals surface area contributed by atoms with Crippen molar-refractivity contribution in [3.8, 4) is 0 Å². The molecule has 2 aromatic heterocycles. The molecule has 0 bridgehead atoms. The third-order valence-electron chi connectivity index (χ3n) is 7.48. The Balaban J connectivity index is 1.88. The summed E-state index contributed by atoms with van der Waals surface area (Å²) < 4.78 is 49.1. The van der Waals surface area contributed by atoms with Crippen LogP contribution in [0.1, 0.15) is 55.8 Å². The van der Waals surface area contributed by atoms with Crippen LogP contribution in [-0.2, 0) is 20.4 Å². The van der Waals surface area contributed by atoms with Crippen LogP contribution >= 0.6 is 0 Å². The molecule has 1 aliphatic rings. The first-order valence-corrected chi connectivity index (χ1v) is 12.9. The highest BCUT2D eigenvalue weighted by molar-refractivity contribution is 6.56. The number of likely N-dealkylation sites (tertiary alicyclic amines) is 1. The third kappa shape index (κ3) is 5.31. The number of carbonyl (C=O) groups is 1. The molecular formula is C25H31B3F3N5O3. The van der Waals surface area contributed by atoms with E-state index in [0.717, 1.165) is 6.07 Å². The monoisotopic (exact) mass is 539 g/mol. The number of anilines is 1. The summed E-state index contributed by atoms with van der Waals surface area (Å²) in [5, 5.41) is 2.98. The SMILES string of the molecule is BC(B)(B)n1c(=O)c(C2(OC)CCN(C(C)=O)CC2)cc2c(N[C@H](C)c3cccc(C(F)F)c3F)ncnc21. The lowest BCUT2D eigenvalue weighted by Gasteiger charge is -2.41. The van der Waals surface area contributed by atoms with Gasteiger partial charge in [0.2, 0.25) is 5.91 Å². The van der Waals surface area contributed by atoms with Gasteiger partial charge in [0.1, 0.15) is 52.7 Å². The van der Waals surface area contributed by atoms with E-state index in [1.54, 1.807) is 29.6 Å². The molecule has 0 unspecified atom stereocenters. The Morgan fingerprint density at radius 1 is 1.18 bits per heavy atom. The fourth-order valence-corrected chi connectivity index (χ4v) is 5.30. The van der Waals surface area contributed by atoms with Crippen LogP contribution in [-0.4, -0.2) is 69.1 Å². The zero-order chi connectivity index (χ0) is 28.7. The Bertz CT molecular complexity index is 1460. The third-order valence-corrected chi connectivity index (χ3v) is 7.48. The van der Waals surface area contributed by atoms with Crippen LogP contribution in [0.25, 0.3) is 11.0 Å². The molecule has 1 aliphatic heterocycles. The number of hydrogen-bond acceptors (Lipinski definition) is 6. The Morgan fingerprint density at radius 3 is 2.38 bits per heavy atom. The number of pyridine rings is 1. The molecule has 39 heavy (non-hydrogen) atoms. The highest BCUT2D eigenvalue weighted by atomic mass is 19.3. The van der Waals surface area contributed by atoms with Crippen molar-refractivity contribution in [3.05, 3.63) is 63.5 Å². The van der Waals surface area contributed by atoms with Gasteiger partial charge in [0.05, 0.1) is 22.6 Å². The minimum Gasteiger partial charge on any atom is -0.373 e. The predicted octanol–water partition coefficient (Wildman–Crippen LogP) is 0.992. The topological polar surface area (TPSA) is 89.4 Å². The molecule has 0 radical (unpaired) electrons. The molecule has 4 rings (SSSR count). The number of aromatic nitrogens is 3. The van der Waals surface area contributed by atoms with Crippen molar-refractivity contribution in [3.63, 3.8) is 0 Å². The van der Waals surface area contributed by atoms with Crippen LogP contribution in [0.2, 0.25) is 0 Å². The zero-order valence-corrected chi connectivity index (χ0v) is 23.0. The molecule has 0 aliphatic carbocycles. The first kappa shape index (κ1) is 28.7. The van der Waals surface area contributed by atoms with Gasteiger partial charge in [0.25, 0.3) is 12.0 Å². The Kier molecular flexibility index (Phi) is 7.89. The summed E-state index contributed by atoms with van der Waals surface area (Å²) in [7, 11) is 7.21. The number of nitrogens with zero attached hydrogens (tertiary/aromatic N) is 4. The Labute approximate surface area is 227 Å². The number of methoxy groups -OCH3 is 1. The van der Waals surface area contributed by atoms with E-state index in [2.05, 4.69) is 15.3 Å². The average molecular weight is 539 g/mol. The lowest BCUT2D eigenvalue weighted by atomic mass is 9.49. The van der Waals surface area contributed by atoms with Crippen molar-refractivity contribution in [2.75, 3.05) is 25.5 Å². The molecule has 1 fully saturated rings. The number of amides is 1. The van der Waals surface area contributed by atoms with Gasteiger partial charge in [-0.15, -0.1) is 0 Å². The molecule has 8 nitrogen and oxygen atoms in total. The smallest absolute Gasteiger partial charge is 0.266 e. The van der Waals surface area contributed by atoms with E-state index >= 15 is 0 Å². The van der Waals surface area contributed by atoms with Crippen LogP contribution < -0.4 is 10.9 Å². The summed E-state index contributed by atoms with van der Waals surface area (Å²) in [5.41, 5.74) is -1.03. The van der Waals surface area contributed by atoms with Crippen LogP contribution in [0, 0.1) is 5.82 Å². The lowest BCUT2D eigenvalue weighted by molar-refractivity contribution is -0.135. The zero-order valence-electron chi connectivity index (χ0n) is 23.0. The maximum Gasteiger partial charge on any atom is 0.266 e. The second-order valence-corrected chi connectivity index (χ2v) is 11.0. The standard InChI is InChI=1S/C25H31B3F3N5O3/c1-13(15-5-4-6-16(19(15)29)20(30)31)34-21-17-11-18(24(39-3)7-9-35(10-8-24)14(2)37)23(38)36(25(26,27)28)22(17)33-12-32-21/h4-6,11-13,20H,7-10,26-28H2,1-3H3,(H,32,33,34)/t13-/m1/s1. The molecular weight excluding hydrogens is 508 g/mol. The second-order valence-electron chi connectivity index (χ2n) is 11.0. The molecule has 1 saturated heterocycles. The summed E-state index contributed by atoms with van der Waals surface area (Å²) in [6.07, 6.45) is -0.790. The first-order valence-electron chi connectivity index (χ1n) is 12.9. The van der Waals surface area contributed by atoms with E-state index in [1.807, 2.05) is 23.5 Å². The van der Waals surface area contributed by atoms with Crippen LogP contribution in [0.4, 0.5) is 19.0 Å². The largest absolute Gasteiger partial charge is 0.373 e. The molecule has 204 valence electrons. The highest BCUT2D eigenvalue weighted by Crippen LogP contribution is 2.37. The number of carbonyl (C=O) groups excluding carboxylic acids is 1. The summed E-state index contributed by atoms with van der Waals surface area (Å²) in [4.78, 5) is 36.5. The summed E-state index contributed by atoms with van der Waals surface area (Å²) in [6.45, 7) is 4.03. The molecule has 1 aromatic carbocycles. The number of ether oxygens (including phenoxy) is 1. The molecule has 1 amide bonds. The number of hydrogen-bond donors (Lipinski definition) is 1. The molecule has 0 spiro atoms. The number of halogens is 3. The van der Waals surface area contributed by atoms with Crippen molar-refractivity contribution >= 4 is 46.3 Å². The van der Waals surface area contributed by atoms with Crippen molar-refractivity contribution in [1.82, 2.24) is 19.4 Å². The molecule has 1 N–H and O–H groups in total. The van der Waals surface area contributed by atoms with Gasteiger partial charge in [-0.25, -0.2) is 23.1 Å². The van der Waals surface area contributed by atoms with Gasteiger partial charge in [-0.1, -0.05) is 18.2 Å².